The second-order valence-electron chi connectivity index (χ2n) is 4.06. The van der Waals surface area contributed by atoms with Crippen molar-refractivity contribution in [1.29, 1.82) is 0 Å². The Balaban J connectivity index is 2.15. The van der Waals surface area contributed by atoms with Gasteiger partial charge in [-0.1, -0.05) is 35.5 Å². The number of hydrogen-bond donors (Lipinski definition) is 1. The Morgan fingerprint density at radius 3 is 2.83 bits per heavy atom. The molecule has 0 bridgehead atoms. The fourth-order valence-corrected chi connectivity index (χ4v) is 1.89. The molecule has 0 radical (unpaired) electrons. The van der Waals surface area contributed by atoms with E-state index in [1.165, 1.54) is 10.9 Å². The number of aromatic nitrogens is 5. The maximum absolute atomic E-state index is 12.2. The molecule has 1 aromatic carbocycles. The van der Waals surface area contributed by atoms with Gasteiger partial charge in [0.15, 0.2) is 5.52 Å². The van der Waals surface area contributed by atoms with Crippen molar-refractivity contribution < 1.29 is 0 Å². The first-order chi connectivity index (χ1) is 8.77. The van der Waals surface area contributed by atoms with E-state index in [9.17, 15) is 4.79 Å². The molecule has 90 valence electrons. The van der Waals surface area contributed by atoms with Crippen LogP contribution < -0.4 is 5.56 Å². The zero-order valence-electron chi connectivity index (χ0n) is 9.74. The highest BCUT2D eigenvalue weighted by molar-refractivity contribution is 5.70. The first-order valence-corrected chi connectivity index (χ1v) is 5.61. The molecule has 6 heteroatoms. The van der Waals surface area contributed by atoms with E-state index in [2.05, 4.69) is 20.5 Å². The molecule has 0 aliphatic heterocycles. The number of nitrogens with zero attached hydrogens (tertiary/aromatic N) is 4. The van der Waals surface area contributed by atoms with Gasteiger partial charge in [0.2, 0.25) is 0 Å². The summed E-state index contributed by atoms with van der Waals surface area (Å²) >= 11 is 0. The molecule has 0 spiro atoms. The summed E-state index contributed by atoms with van der Waals surface area (Å²) in [4.78, 5) is 12.2. The van der Waals surface area contributed by atoms with E-state index in [-0.39, 0.29) is 11.6 Å². The van der Waals surface area contributed by atoms with Crippen LogP contribution in [-0.4, -0.2) is 25.2 Å². The van der Waals surface area contributed by atoms with Gasteiger partial charge in [0, 0.05) is 0 Å². The van der Waals surface area contributed by atoms with E-state index in [0.717, 1.165) is 5.56 Å². The van der Waals surface area contributed by atoms with Gasteiger partial charge in [0.25, 0.3) is 5.56 Å². The van der Waals surface area contributed by atoms with Gasteiger partial charge >= 0.3 is 0 Å². The lowest BCUT2D eigenvalue weighted by Gasteiger charge is -2.12. The molecule has 0 fully saturated rings. The number of fused-ring (bicyclic) bond motifs is 1. The van der Waals surface area contributed by atoms with Crippen molar-refractivity contribution in [1.82, 2.24) is 25.2 Å². The largest absolute Gasteiger partial charge is 0.296 e. The van der Waals surface area contributed by atoms with E-state index >= 15 is 0 Å². The van der Waals surface area contributed by atoms with Crippen LogP contribution in [0.5, 0.6) is 0 Å². The van der Waals surface area contributed by atoms with Crippen LogP contribution in [0.1, 0.15) is 18.5 Å². The van der Waals surface area contributed by atoms with Gasteiger partial charge in [-0.3, -0.25) is 9.89 Å². The Labute approximate surface area is 102 Å². The predicted molar refractivity (Wildman–Crippen MR) is 66.2 cm³/mol. The molecule has 1 N–H and O–H groups in total. The Kier molecular flexibility index (Phi) is 2.40. The van der Waals surface area contributed by atoms with Gasteiger partial charge in [-0.2, -0.15) is 5.10 Å². The van der Waals surface area contributed by atoms with E-state index in [4.69, 9.17) is 0 Å². The van der Waals surface area contributed by atoms with Crippen molar-refractivity contribution in [3.8, 4) is 0 Å². The van der Waals surface area contributed by atoms with Crippen LogP contribution in [0.25, 0.3) is 11.0 Å². The Morgan fingerprint density at radius 2 is 2.06 bits per heavy atom. The molecule has 6 nitrogen and oxygen atoms in total. The van der Waals surface area contributed by atoms with Gasteiger partial charge < -0.3 is 0 Å². The molecule has 3 rings (SSSR count). The quantitative estimate of drug-likeness (QED) is 0.729. The van der Waals surface area contributed by atoms with Gasteiger partial charge in [0.1, 0.15) is 5.52 Å². The number of H-pyrrole nitrogens is 1. The van der Waals surface area contributed by atoms with E-state index in [1.807, 2.05) is 37.3 Å². The minimum atomic E-state index is -0.214. The summed E-state index contributed by atoms with van der Waals surface area (Å²) < 4.78 is 1.36. The van der Waals surface area contributed by atoms with Crippen LogP contribution in [-0.2, 0) is 0 Å². The highest BCUT2D eigenvalue weighted by Gasteiger charge is 2.14. The van der Waals surface area contributed by atoms with Crippen LogP contribution in [0.15, 0.2) is 41.3 Å². The number of aromatic amines is 1. The molecular formula is C12H11N5O. The van der Waals surface area contributed by atoms with Gasteiger partial charge in [-0.25, -0.2) is 4.68 Å². The molecular weight excluding hydrogens is 230 g/mol. The molecule has 0 saturated heterocycles. The van der Waals surface area contributed by atoms with Crippen LogP contribution in [0.2, 0.25) is 0 Å². The zero-order chi connectivity index (χ0) is 12.5. The summed E-state index contributed by atoms with van der Waals surface area (Å²) in [6.45, 7) is 1.91. The molecule has 2 aromatic heterocycles. The van der Waals surface area contributed by atoms with Crippen molar-refractivity contribution in [2.75, 3.05) is 0 Å². The molecule has 3 aromatic rings. The van der Waals surface area contributed by atoms with Gasteiger partial charge in [-0.15, -0.1) is 5.10 Å². The molecule has 0 amide bonds. The Bertz CT molecular complexity index is 731. The van der Waals surface area contributed by atoms with Crippen molar-refractivity contribution in [2.45, 2.75) is 13.0 Å². The summed E-state index contributed by atoms with van der Waals surface area (Å²) in [5, 5.41) is 14.4. The molecule has 0 aliphatic carbocycles. The van der Waals surface area contributed by atoms with E-state index in [1.54, 1.807) is 0 Å². The predicted octanol–water partition coefficient (Wildman–Crippen LogP) is 1.12. The monoisotopic (exact) mass is 241 g/mol. The number of hydrogen-bond acceptors (Lipinski definition) is 4. The minimum absolute atomic E-state index is 0.168. The summed E-state index contributed by atoms with van der Waals surface area (Å²) in [5.74, 6) is 0. The highest BCUT2D eigenvalue weighted by atomic mass is 16.1. The third-order valence-electron chi connectivity index (χ3n) is 2.94. The van der Waals surface area contributed by atoms with Crippen LogP contribution >= 0.6 is 0 Å². The standard InChI is InChI=1S/C12H11N5O/c1-8(9-5-3-2-4-6-9)17-12(18)11-10(14-16-17)7-13-15-11/h2-8H,1H3,(H,13,15)/t8-/m1/s1. The summed E-state index contributed by atoms with van der Waals surface area (Å²) in [6, 6.07) is 9.53. The highest BCUT2D eigenvalue weighted by Crippen LogP contribution is 2.14. The fraction of sp³-hybridized carbons (Fsp3) is 0.167. The minimum Gasteiger partial charge on any atom is -0.271 e. The number of benzene rings is 1. The lowest BCUT2D eigenvalue weighted by Crippen LogP contribution is -2.27. The third kappa shape index (κ3) is 1.58. The maximum atomic E-state index is 12.2. The summed E-state index contributed by atoms with van der Waals surface area (Å²) in [5.41, 5.74) is 1.66. The fourth-order valence-electron chi connectivity index (χ4n) is 1.89. The van der Waals surface area contributed by atoms with Crippen molar-refractivity contribution in [3.05, 3.63) is 52.4 Å². The first kappa shape index (κ1) is 10.6. The molecule has 1 atom stereocenters. The second-order valence-corrected chi connectivity index (χ2v) is 4.06. The average Bonchev–Trinajstić information content (AvgIpc) is 2.89. The van der Waals surface area contributed by atoms with Crippen LogP contribution in [0, 0.1) is 0 Å². The van der Waals surface area contributed by atoms with Gasteiger partial charge in [-0.05, 0) is 12.5 Å². The summed E-state index contributed by atoms with van der Waals surface area (Å²) in [6.07, 6.45) is 1.49. The van der Waals surface area contributed by atoms with Crippen LogP contribution in [0.4, 0.5) is 0 Å². The van der Waals surface area contributed by atoms with E-state index < -0.39 is 0 Å². The first-order valence-electron chi connectivity index (χ1n) is 5.61. The third-order valence-corrected chi connectivity index (χ3v) is 2.94. The second kappa shape index (κ2) is 4.06. The van der Waals surface area contributed by atoms with E-state index in [0.29, 0.717) is 11.0 Å². The zero-order valence-corrected chi connectivity index (χ0v) is 9.74. The molecule has 18 heavy (non-hydrogen) atoms. The lowest BCUT2D eigenvalue weighted by atomic mass is 10.1. The lowest BCUT2D eigenvalue weighted by molar-refractivity contribution is 0.507. The topological polar surface area (TPSA) is 76.5 Å². The molecule has 0 unspecified atom stereocenters. The van der Waals surface area contributed by atoms with Crippen molar-refractivity contribution in [3.63, 3.8) is 0 Å². The molecule has 0 saturated carbocycles. The number of rotatable bonds is 2. The Hall–Kier alpha value is -2.50. The maximum Gasteiger partial charge on any atom is 0.296 e. The van der Waals surface area contributed by atoms with Crippen molar-refractivity contribution in [2.24, 2.45) is 0 Å². The molecule has 0 aliphatic rings. The van der Waals surface area contributed by atoms with Crippen LogP contribution in [0.3, 0.4) is 0 Å². The normalized spacial score (nSPS) is 12.7. The number of nitrogens with one attached hydrogen (secondary N) is 1. The van der Waals surface area contributed by atoms with Crippen molar-refractivity contribution >= 4 is 11.0 Å². The summed E-state index contributed by atoms with van der Waals surface area (Å²) in [7, 11) is 0. The SMILES string of the molecule is C[C@H](c1ccccc1)n1nnc2cn[nH]c2c1=O. The average molecular weight is 241 g/mol. The van der Waals surface area contributed by atoms with Gasteiger partial charge in [0.05, 0.1) is 12.2 Å². The molecule has 2 heterocycles. The smallest absolute Gasteiger partial charge is 0.271 e. The Morgan fingerprint density at radius 1 is 1.28 bits per heavy atom.